The van der Waals surface area contributed by atoms with Crippen molar-refractivity contribution in [3.8, 4) is 5.75 Å². The number of carboxylic acids is 1. The third kappa shape index (κ3) is 5.65. The molecule has 1 aliphatic rings. The van der Waals surface area contributed by atoms with Crippen LogP contribution in [0.15, 0.2) is 24.3 Å². The summed E-state index contributed by atoms with van der Waals surface area (Å²) in [5.74, 6) is -1.62. The lowest BCUT2D eigenvalue weighted by molar-refractivity contribution is -0.274. The van der Waals surface area contributed by atoms with E-state index in [-0.39, 0.29) is 24.6 Å². The van der Waals surface area contributed by atoms with Gasteiger partial charge in [0.25, 0.3) is 0 Å². The van der Waals surface area contributed by atoms with Crippen molar-refractivity contribution in [1.82, 2.24) is 5.32 Å². The zero-order chi connectivity index (χ0) is 18.5. The maximum Gasteiger partial charge on any atom is 0.573 e. The van der Waals surface area contributed by atoms with E-state index in [1.165, 1.54) is 12.1 Å². The first-order chi connectivity index (χ1) is 11.7. The summed E-state index contributed by atoms with van der Waals surface area (Å²) in [6.45, 7) is 0.0659. The molecule has 2 rings (SSSR count). The average molecular weight is 359 g/mol. The number of rotatable bonds is 6. The van der Waals surface area contributed by atoms with E-state index >= 15 is 0 Å². The summed E-state index contributed by atoms with van der Waals surface area (Å²) in [6, 6.07) is 5.01. The monoisotopic (exact) mass is 359 g/mol. The molecule has 1 aliphatic carbocycles. The van der Waals surface area contributed by atoms with Crippen molar-refractivity contribution >= 4 is 11.9 Å². The largest absolute Gasteiger partial charge is 0.573 e. The Balaban J connectivity index is 1.88. The highest BCUT2D eigenvalue weighted by atomic mass is 19.4. The van der Waals surface area contributed by atoms with Crippen LogP contribution < -0.4 is 10.1 Å². The van der Waals surface area contributed by atoms with E-state index in [0.717, 1.165) is 31.4 Å². The molecule has 25 heavy (non-hydrogen) atoms. The summed E-state index contributed by atoms with van der Waals surface area (Å²) in [4.78, 5) is 23.6. The Morgan fingerprint density at radius 2 is 1.72 bits per heavy atom. The molecule has 138 valence electrons. The molecule has 1 aromatic rings. The molecule has 0 bridgehead atoms. The Labute approximate surface area is 143 Å². The van der Waals surface area contributed by atoms with Gasteiger partial charge in [-0.1, -0.05) is 31.4 Å². The van der Waals surface area contributed by atoms with Gasteiger partial charge in [-0.3, -0.25) is 9.59 Å². The lowest BCUT2D eigenvalue weighted by Crippen LogP contribution is -2.44. The van der Waals surface area contributed by atoms with E-state index in [0.29, 0.717) is 18.4 Å². The van der Waals surface area contributed by atoms with Gasteiger partial charge >= 0.3 is 12.3 Å². The number of aliphatic carboxylic acids is 1. The first-order valence-corrected chi connectivity index (χ1v) is 8.05. The highest BCUT2D eigenvalue weighted by Crippen LogP contribution is 2.36. The zero-order valence-electron chi connectivity index (χ0n) is 13.6. The lowest BCUT2D eigenvalue weighted by Gasteiger charge is -2.33. The smallest absolute Gasteiger partial charge is 0.481 e. The van der Waals surface area contributed by atoms with Crippen LogP contribution in [0.3, 0.4) is 0 Å². The predicted octanol–water partition coefficient (Wildman–Crippen LogP) is 3.28. The van der Waals surface area contributed by atoms with Crippen molar-refractivity contribution in [2.45, 2.75) is 44.9 Å². The molecular formula is C17H20F3NO4. The number of benzene rings is 1. The zero-order valence-corrected chi connectivity index (χ0v) is 13.6. The van der Waals surface area contributed by atoms with Crippen LogP contribution in [0.5, 0.6) is 5.75 Å². The van der Waals surface area contributed by atoms with Crippen molar-refractivity contribution in [1.29, 1.82) is 0 Å². The minimum atomic E-state index is -4.76. The Morgan fingerprint density at radius 1 is 1.12 bits per heavy atom. The number of halogens is 3. The highest BCUT2D eigenvalue weighted by molar-refractivity contribution is 5.80. The molecule has 0 saturated heterocycles. The molecule has 8 heteroatoms. The molecule has 0 aromatic heterocycles. The summed E-state index contributed by atoms with van der Waals surface area (Å²) in [7, 11) is 0. The Bertz CT molecular complexity index is 607. The lowest BCUT2D eigenvalue weighted by atomic mass is 9.74. The van der Waals surface area contributed by atoms with Crippen molar-refractivity contribution in [3.63, 3.8) is 0 Å². The van der Waals surface area contributed by atoms with Gasteiger partial charge in [-0.15, -0.1) is 13.2 Å². The summed E-state index contributed by atoms with van der Waals surface area (Å²) < 4.78 is 40.1. The van der Waals surface area contributed by atoms with Crippen LogP contribution in [0.25, 0.3) is 0 Å². The fraction of sp³-hybridized carbons (Fsp3) is 0.529. The minimum absolute atomic E-state index is 0.0397. The number of carbonyl (C=O) groups excluding carboxylic acids is 1. The van der Waals surface area contributed by atoms with Crippen LogP contribution >= 0.6 is 0 Å². The third-order valence-corrected chi connectivity index (χ3v) is 4.41. The molecule has 5 nitrogen and oxygen atoms in total. The molecule has 0 spiro atoms. The molecule has 1 aromatic carbocycles. The normalized spacial score (nSPS) is 16.9. The van der Waals surface area contributed by atoms with Gasteiger partial charge in [0, 0.05) is 6.54 Å². The molecule has 0 heterocycles. The van der Waals surface area contributed by atoms with Gasteiger partial charge in [-0.25, -0.2) is 0 Å². The van der Waals surface area contributed by atoms with Gasteiger partial charge in [-0.05, 0) is 30.5 Å². The molecule has 0 radical (unpaired) electrons. The van der Waals surface area contributed by atoms with E-state index in [9.17, 15) is 27.9 Å². The third-order valence-electron chi connectivity index (χ3n) is 4.41. The first-order valence-electron chi connectivity index (χ1n) is 8.05. The quantitative estimate of drug-likeness (QED) is 0.817. The molecule has 0 atom stereocenters. The summed E-state index contributed by atoms with van der Waals surface area (Å²) in [6.07, 6.45) is -1.09. The van der Waals surface area contributed by atoms with Crippen LogP contribution in [0.4, 0.5) is 13.2 Å². The maximum absolute atomic E-state index is 12.1. The first kappa shape index (κ1) is 19.1. The van der Waals surface area contributed by atoms with E-state index in [1.54, 1.807) is 0 Å². The van der Waals surface area contributed by atoms with Crippen LogP contribution in [0, 0.1) is 5.41 Å². The minimum Gasteiger partial charge on any atom is -0.481 e. The second-order valence-electron chi connectivity index (χ2n) is 6.29. The predicted molar refractivity (Wildman–Crippen MR) is 83.0 cm³/mol. The number of hydrogen-bond acceptors (Lipinski definition) is 3. The molecule has 2 N–H and O–H groups in total. The molecule has 1 amide bonds. The molecule has 0 unspecified atom stereocenters. The van der Waals surface area contributed by atoms with E-state index in [2.05, 4.69) is 10.1 Å². The number of hydrogen-bond donors (Lipinski definition) is 2. The van der Waals surface area contributed by atoms with Crippen LogP contribution in [-0.2, 0) is 16.0 Å². The SMILES string of the molecule is O=C(Cc1ccc(OC(F)(F)F)cc1)NCC1(C(=O)O)CCCCC1. The Kier molecular flexibility index (Phi) is 5.92. The van der Waals surface area contributed by atoms with Gasteiger partial charge in [-0.2, -0.15) is 0 Å². The number of alkyl halides is 3. The number of nitrogens with one attached hydrogen (secondary N) is 1. The van der Waals surface area contributed by atoms with Gasteiger partial charge in [0.2, 0.25) is 5.91 Å². The molecule has 1 fully saturated rings. The Hall–Kier alpha value is -2.25. The Morgan fingerprint density at radius 3 is 2.24 bits per heavy atom. The average Bonchev–Trinajstić information content (AvgIpc) is 2.54. The van der Waals surface area contributed by atoms with E-state index < -0.39 is 17.7 Å². The van der Waals surface area contributed by atoms with Crippen molar-refractivity contribution < 1.29 is 32.6 Å². The maximum atomic E-state index is 12.1. The van der Waals surface area contributed by atoms with Crippen LogP contribution in [0.1, 0.15) is 37.7 Å². The second-order valence-corrected chi connectivity index (χ2v) is 6.29. The van der Waals surface area contributed by atoms with Gasteiger partial charge in [0.05, 0.1) is 11.8 Å². The van der Waals surface area contributed by atoms with Crippen LogP contribution in [0.2, 0.25) is 0 Å². The molecule has 0 aliphatic heterocycles. The fourth-order valence-corrected chi connectivity index (χ4v) is 3.02. The van der Waals surface area contributed by atoms with Crippen LogP contribution in [-0.4, -0.2) is 29.9 Å². The van der Waals surface area contributed by atoms with Crippen molar-refractivity contribution in [2.75, 3.05) is 6.54 Å². The molecule has 1 saturated carbocycles. The van der Waals surface area contributed by atoms with E-state index in [4.69, 9.17) is 0 Å². The second kappa shape index (κ2) is 7.76. The number of carbonyl (C=O) groups is 2. The topological polar surface area (TPSA) is 75.6 Å². The summed E-state index contributed by atoms with van der Waals surface area (Å²) in [5.41, 5.74) is -0.404. The standard InChI is InChI=1S/C17H20F3NO4/c18-17(19,20)25-13-6-4-12(5-7-13)10-14(22)21-11-16(15(23)24)8-2-1-3-9-16/h4-7H,1-3,8-11H2,(H,21,22)(H,23,24). The highest BCUT2D eigenvalue weighted by Gasteiger charge is 2.39. The van der Waals surface area contributed by atoms with Gasteiger partial charge in [0.15, 0.2) is 0 Å². The van der Waals surface area contributed by atoms with Gasteiger partial charge in [0.1, 0.15) is 5.75 Å². The van der Waals surface area contributed by atoms with E-state index in [1.807, 2.05) is 0 Å². The van der Waals surface area contributed by atoms with Crippen molar-refractivity contribution in [3.05, 3.63) is 29.8 Å². The number of carboxylic acid groups (broad SMARTS) is 1. The van der Waals surface area contributed by atoms with Gasteiger partial charge < -0.3 is 15.2 Å². The molecular weight excluding hydrogens is 339 g/mol. The number of ether oxygens (including phenoxy) is 1. The number of amides is 1. The van der Waals surface area contributed by atoms with Crippen molar-refractivity contribution in [2.24, 2.45) is 5.41 Å². The summed E-state index contributed by atoms with van der Waals surface area (Å²) in [5, 5.41) is 12.1. The fourth-order valence-electron chi connectivity index (χ4n) is 3.02. The summed E-state index contributed by atoms with van der Waals surface area (Å²) >= 11 is 0.